The van der Waals surface area contributed by atoms with E-state index in [0.29, 0.717) is 12.8 Å². The first-order valence-corrected chi connectivity index (χ1v) is 11.7. The summed E-state index contributed by atoms with van der Waals surface area (Å²) in [6.45, 7) is 7.64. The number of fused-ring (bicyclic) bond motifs is 2. The summed E-state index contributed by atoms with van der Waals surface area (Å²) >= 11 is 0. The number of carbonyl (C=O) groups excluding carboxylic acids is 1. The molecule has 0 saturated carbocycles. The van der Waals surface area contributed by atoms with E-state index in [2.05, 4.69) is 0 Å². The third-order valence-electron chi connectivity index (χ3n) is 6.88. The Hall–Kier alpha value is -1.77. The number of benzene rings is 1. The lowest BCUT2D eigenvalue weighted by Crippen LogP contribution is -2.41. The Labute approximate surface area is 197 Å². The zero-order valence-corrected chi connectivity index (χ0v) is 20.4. The van der Waals surface area contributed by atoms with Crippen LogP contribution in [0.4, 0.5) is 0 Å². The number of aliphatic hydroxyl groups excluding tert-OH is 4. The van der Waals surface area contributed by atoms with Crippen molar-refractivity contribution >= 4 is 5.97 Å². The van der Waals surface area contributed by atoms with E-state index in [4.69, 9.17) is 9.47 Å². The number of cyclic esters (lactones) is 1. The van der Waals surface area contributed by atoms with Crippen LogP contribution >= 0.6 is 0 Å². The number of rotatable bonds is 5. The van der Waals surface area contributed by atoms with Crippen LogP contribution in [0.1, 0.15) is 58.1 Å². The predicted molar refractivity (Wildman–Crippen MR) is 126 cm³/mol. The molecule has 7 heteroatoms. The summed E-state index contributed by atoms with van der Waals surface area (Å²) in [4.78, 5) is 12.7. The normalized spacial score (nSPS) is 30.3. The highest BCUT2D eigenvalue weighted by Crippen LogP contribution is 2.32. The van der Waals surface area contributed by atoms with E-state index in [-0.39, 0.29) is 25.4 Å². The van der Waals surface area contributed by atoms with Crippen molar-refractivity contribution in [1.82, 2.24) is 0 Å². The maximum Gasteiger partial charge on any atom is 0.338 e. The molecule has 6 atom stereocenters. The SMILES string of the molecule is CCC(C=C(C)C1CC(OC)CC(O)C(C)(C)c2cccc(c2)CC(O)C(O)C(=O)O1)CO. The van der Waals surface area contributed by atoms with Crippen molar-refractivity contribution in [2.24, 2.45) is 5.92 Å². The van der Waals surface area contributed by atoms with Gasteiger partial charge in [-0.25, -0.2) is 4.79 Å². The highest BCUT2D eigenvalue weighted by atomic mass is 16.6. The summed E-state index contributed by atoms with van der Waals surface area (Å²) in [5.41, 5.74) is 1.76. The fourth-order valence-corrected chi connectivity index (χ4v) is 4.19. The zero-order valence-electron chi connectivity index (χ0n) is 20.4. The first kappa shape index (κ1) is 27.5. The van der Waals surface area contributed by atoms with Gasteiger partial charge in [-0.2, -0.15) is 0 Å². The molecule has 1 aromatic carbocycles. The first-order valence-electron chi connectivity index (χ1n) is 11.7. The van der Waals surface area contributed by atoms with Gasteiger partial charge in [0.25, 0.3) is 0 Å². The molecule has 6 unspecified atom stereocenters. The summed E-state index contributed by atoms with van der Waals surface area (Å²) in [5, 5.41) is 41.7. The average molecular weight is 465 g/mol. The number of aliphatic hydroxyl groups is 4. The van der Waals surface area contributed by atoms with Crippen molar-refractivity contribution in [2.45, 2.75) is 89.3 Å². The summed E-state index contributed by atoms with van der Waals surface area (Å²) in [6.07, 6.45) is -1.71. The molecule has 0 fully saturated rings. The van der Waals surface area contributed by atoms with Crippen LogP contribution in [0.5, 0.6) is 0 Å². The Morgan fingerprint density at radius 3 is 2.58 bits per heavy atom. The largest absolute Gasteiger partial charge is 0.456 e. The number of esters is 1. The highest BCUT2D eigenvalue weighted by Gasteiger charge is 2.35. The molecule has 1 aliphatic rings. The molecule has 2 rings (SSSR count). The lowest BCUT2D eigenvalue weighted by molar-refractivity contribution is -0.165. The van der Waals surface area contributed by atoms with Crippen LogP contribution in [0.2, 0.25) is 0 Å². The van der Waals surface area contributed by atoms with Gasteiger partial charge in [0.1, 0.15) is 6.10 Å². The second kappa shape index (κ2) is 12.1. The summed E-state index contributed by atoms with van der Waals surface area (Å²) in [6, 6.07) is 7.46. The van der Waals surface area contributed by atoms with E-state index in [1.165, 1.54) is 0 Å². The Bertz CT molecular complexity index is 800. The van der Waals surface area contributed by atoms with Gasteiger partial charge in [-0.3, -0.25) is 0 Å². The van der Waals surface area contributed by atoms with Gasteiger partial charge in [0.15, 0.2) is 6.10 Å². The van der Waals surface area contributed by atoms with Gasteiger partial charge < -0.3 is 29.9 Å². The van der Waals surface area contributed by atoms with E-state index >= 15 is 0 Å². The minimum absolute atomic E-state index is 0.0335. The highest BCUT2D eigenvalue weighted by molar-refractivity contribution is 5.75. The summed E-state index contributed by atoms with van der Waals surface area (Å²) in [7, 11) is 1.55. The molecule has 1 aliphatic heterocycles. The Morgan fingerprint density at radius 2 is 1.97 bits per heavy atom. The Kier molecular flexibility index (Phi) is 10.1. The Balaban J connectivity index is 2.46. The summed E-state index contributed by atoms with van der Waals surface area (Å²) < 4.78 is 11.3. The van der Waals surface area contributed by atoms with Crippen molar-refractivity contribution in [3.63, 3.8) is 0 Å². The molecule has 0 aromatic heterocycles. The maximum atomic E-state index is 12.7. The van der Waals surface area contributed by atoms with Crippen LogP contribution in [0, 0.1) is 5.92 Å². The molecular formula is C26H40O7. The topological polar surface area (TPSA) is 116 Å². The van der Waals surface area contributed by atoms with Crippen LogP contribution in [-0.4, -0.2) is 70.6 Å². The van der Waals surface area contributed by atoms with Crippen molar-refractivity contribution in [3.8, 4) is 0 Å². The van der Waals surface area contributed by atoms with Crippen LogP contribution in [0.15, 0.2) is 35.9 Å². The third kappa shape index (κ3) is 7.11. The minimum Gasteiger partial charge on any atom is -0.456 e. The standard InChI is InChI=1S/C26H40O7/c1-6-17(15-27)10-16(2)22-13-20(32-5)14-23(29)26(3,4)19-9-7-8-18(11-19)12-21(28)24(30)25(31)33-22/h7-11,17,20-24,27-30H,6,12-15H2,1-5H3. The van der Waals surface area contributed by atoms with Gasteiger partial charge in [-0.15, -0.1) is 0 Å². The average Bonchev–Trinajstić information content (AvgIpc) is 2.79. The van der Waals surface area contributed by atoms with Crippen LogP contribution < -0.4 is 0 Å². The lowest BCUT2D eigenvalue weighted by atomic mass is 9.76. The number of hydrogen-bond acceptors (Lipinski definition) is 7. The number of ether oxygens (including phenoxy) is 2. The monoisotopic (exact) mass is 464 g/mol. The van der Waals surface area contributed by atoms with E-state index in [9.17, 15) is 25.2 Å². The van der Waals surface area contributed by atoms with Gasteiger partial charge in [0, 0.05) is 44.3 Å². The minimum atomic E-state index is -1.70. The van der Waals surface area contributed by atoms with Crippen LogP contribution in [0.25, 0.3) is 0 Å². The van der Waals surface area contributed by atoms with Gasteiger partial charge >= 0.3 is 5.97 Å². The van der Waals surface area contributed by atoms with Crippen molar-refractivity contribution < 1.29 is 34.7 Å². The molecule has 2 bridgehead atoms. The molecular weight excluding hydrogens is 424 g/mol. The van der Waals surface area contributed by atoms with Gasteiger partial charge in [0.05, 0.1) is 18.3 Å². The molecule has 0 saturated heterocycles. The molecule has 33 heavy (non-hydrogen) atoms. The van der Waals surface area contributed by atoms with Crippen LogP contribution in [0.3, 0.4) is 0 Å². The molecule has 7 nitrogen and oxygen atoms in total. The molecule has 1 heterocycles. The second-order valence-electron chi connectivity index (χ2n) is 9.67. The molecule has 186 valence electrons. The predicted octanol–water partition coefficient (Wildman–Crippen LogP) is 2.27. The van der Waals surface area contributed by atoms with Crippen molar-refractivity contribution in [2.75, 3.05) is 13.7 Å². The fraction of sp³-hybridized carbons (Fsp3) is 0.654. The van der Waals surface area contributed by atoms with Gasteiger partial charge in [-0.05, 0) is 30.0 Å². The number of methoxy groups -OCH3 is 1. The summed E-state index contributed by atoms with van der Waals surface area (Å²) in [5.74, 6) is -1.01. The van der Waals surface area contributed by atoms with E-state index in [1.807, 2.05) is 51.1 Å². The second-order valence-corrected chi connectivity index (χ2v) is 9.67. The smallest absolute Gasteiger partial charge is 0.338 e. The molecule has 0 amide bonds. The van der Waals surface area contributed by atoms with Crippen LogP contribution in [-0.2, 0) is 26.1 Å². The molecule has 1 aromatic rings. The first-order chi connectivity index (χ1) is 15.5. The van der Waals surface area contributed by atoms with Gasteiger partial charge in [0.2, 0.25) is 0 Å². The third-order valence-corrected chi connectivity index (χ3v) is 6.88. The van der Waals surface area contributed by atoms with Crippen molar-refractivity contribution in [1.29, 1.82) is 0 Å². The van der Waals surface area contributed by atoms with E-state index in [1.54, 1.807) is 14.0 Å². The number of carbonyl (C=O) groups is 1. The fourth-order valence-electron chi connectivity index (χ4n) is 4.19. The number of hydrogen-bond donors (Lipinski definition) is 4. The van der Waals surface area contributed by atoms with E-state index in [0.717, 1.165) is 16.7 Å². The zero-order chi connectivity index (χ0) is 24.8. The molecule has 0 radical (unpaired) electrons. The Morgan fingerprint density at radius 1 is 1.27 bits per heavy atom. The lowest BCUT2D eigenvalue weighted by Gasteiger charge is -2.35. The van der Waals surface area contributed by atoms with Crippen molar-refractivity contribution in [3.05, 3.63) is 47.0 Å². The molecule has 0 aliphatic carbocycles. The van der Waals surface area contributed by atoms with Gasteiger partial charge in [-0.1, -0.05) is 51.1 Å². The molecule has 0 spiro atoms. The van der Waals surface area contributed by atoms with E-state index < -0.39 is 41.9 Å². The maximum absolute atomic E-state index is 12.7. The quantitative estimate of drug-likeness (QED) is 0.390. The molecule has 4 N–H and O–H groups in total.